The molecule has 0 amide bonds. The Kier molecular flexibility index (Phi) is 5.79. The van der Waals surface area contributed by atoms with Crippen LogP contribution in [0.3, 0.4) is 0 Å². The van der Waals surface area contributed by atoms with Gasteiger partial charge in [-0.25, -0.2) is 0 Å². The molecular formula is C11H23NO2S. The van der Waals surface area contributed by atoms with Crippen LogP contribution < -0.4 is 5.32 Å². The zero-order chi connectivity index (χ0) is 11.3. The van der Waals surface area contributed by atoms with E-state index < -0.39 is 10.8 Å². The molecule has 0 spiro atoms. The predicted molar refractivity (Wildman–Crippen MR) is 64.5 cm³/mol. The lowest BCUT2D eigenvalue weighted by Gasteiger charge is -2.29. The van der Waals surface area contributed by atoms with Gasteiger partial charge in [-0.15, -0.1) is 0 Å². The van der Waals surface area contributed by atoms with Crippen LogP contribution in [0.1, 0.15) is 26.7 Å². The third kappa shape index (κ3) is 4.62. The Labute approximate surface area is 95.4 Å². The van der Waals surface area contributed by atoms with Gasteiger partial charge >= 0.3 is 0 Å². The van der Waals surface area contributed by atoms with Gasteiger partial charge in [-0.3, -0.25) is 4.21 Å². The molecule has 0 radical (unpaired) electrons. The lowest BCUT2D eigenvalue weighted by molar-refractivity contribution is 0.0561. The summed E-state index contributed by atoms with van der Waals surface area (Å²) in [6.07, 6.45) is 4.07. The monoisotopic (exact) mass is 233 g/mol. The molecule has 0 aromatic rings. The molecule has 1 rings (SSSR count). The Balaban J connectivity index is 2.22. The van der Waals surface area contributed by atoms with Crippen LogP contribution in [-0.4, -0.2) is 41.5 Å². The van der Waals surface area contributed by atoms with Crippen molar-refractivity contribution in [2.75, 3.05) is 26.0 Å². The lowest BCUT2D eigenvalue weighted by Crippen LogP contribution is -2.40. The predicted octanol–water partition coefficient (Wildman–Crippen LogP) is 1.16. The van der Waals surface area contributed by atoms with E-state index in [-0.39, 0.29) is 5.25 Å². The van der Waals surface area contributed by atoms with Crippen LogP contribution in [0.15, 0.2) is 0 Å². The molecule has 1 heterocycles. The van der Waals surface area contributed by atoms with Crippen molar-refractivity contribution < 1.29 is 8.95 Å². The number of nitrogens with one attached hydrogen (secondary N) is 1. The van der Waals surface area contributed by atoms with E-state index >= 15 is 0 Å². The third-order valence-electron chi connectivity index (χ3n) is 3.27. The Morgan fingerprint density at radius 3 is 2.53 bits per heavy atom. The van der Waals surface area contributed by atoms with Crippen LogP contribution >= 0.6 is 0 Å². The first-order valence-electron chi connectivity index (χ1n) is 5.74. The van der Waals surface area contributed by atoms with E-state index in [9.17, 15) is 4.21 Å². The molecular weight excluding hydrogens is 210 g/mol. The average molecular weight is 233 g/mol. The first kappa shape index (κ1) is 13.1. The van der Waals surface area contributed by atoms with Crippen LogP contribution in [0, 0.1) is 5.92 Å². The molecule has 0 aromatic carbocycles. The smallest absolute Gasteiger partial charge is 0.0469 e. The van der Waals surface area contributed by atoms with E-state index in [1.54, 1.807) is 6.26 Å². The normalized spacial score (nSPS) is 24.7. The molecule has 3 unspecified atom stereocenters. The topological polar surface area (TPSA) is 38.3 Å². The van der Waals surface area contributed by atoms with Crippen LogP contribution in [0.5, 0.6) is 0 Å². The molecule has 90 valence electrons. The van der Waals surface area contributed by atoms with Crippen molar-refractivity contribution in [2.24, 2.45) is 5.92 Å². The van der Waals surface area contributed by atoms with Crippen LogP contribution in [0.4, 0.5) is 0 Å². The molecule has 3 nitrogen and oxygen atoms in total. The van der Waals surface area contributed by atoms with Crippen molar-refractivity contribution in [2.45, 2.75) is 38.0 Å². The van der Waals surface area contributed by atoms with Gasteiger partial charge in [-0.1, -0.05) is 0 Å². The van der Waals surface area contributed by atoms with Crippen molar-refractivity contribution in [1.82, 2.24) is 5.32 Å². The fraction of sp³-hybridized carbons (Fsp3) is 1.00. The van der Waals surface area contributed by atoms with Crippen molar-refractivity contribution >= 4 is 10.8 Å². The van der Waals surface area contributed by atoms with Crippen LogP contribution in [0.2, 0.25) is 0 Å². The van der Waals surface area contributed by atoms with Gasteiger partial charge in [-0.2, -0.15) is 0 Å². The van der Waals surface area contributed by atoms with Crippen LogP contribution in [-0.2, 0) is 15.5 Å². The minimum atomic E-state index is -0.719. The molecule has 0 bridgehead atoms. The largest absolute Gasteiger partial charge is 0.381 e. The maximum Gasteiger partial charge on any atom is 0.0469 e. The van der Waals surface area contributed by atoms with E-state index in [2.05, 4.69) is 12.2 Å². The highest BCUT2D eigenvalue weighted by Gasteiger charge is 2.20. The van der Waals surface area contributed by atoms with Crippen molar-refractivity contribution in [1.29, 1.82) is 0 Å². The molecule has 1 N–H and O–H groups in total. The Hall–Kier alpha value is 0.0700. The highest BCUT2D eigenvalue weighted by Crippen LogP contribution is 2.18. The standard InChI is InChI=1S/C11H23NO2S/c1-9(15(3)13)8-12-10(2)11-4-6-14-7-5-11/h9-12H,4-8H2,1-3H3. The molecule has 0 saturated carbocycles. The Morgan fingerprint density at radius 1 is 1.40 bits per heavy atom. The summed E-state index contributed by atoms with van der Waals surface area (Å²) in [5.41, 5.74) is 0. The van der Waals surface area contributed by atoms with E-state index in [4.69, 9.17) is 4.74 Å². The number of hydrogen-bond donors (Lipinski definition) is 1. The third-order valence-corrected chi connectivity index (χ3v) is 4.57. The second-order valence-electron chi connectivity index (χ2n) is 4.46. The first-order valence-corrected chi connectivity index (χ1v) is 7.36. The summed E-state index contributed by atoms with van der Waals surface area (Å²) in [4.78, 5) is 0. The highest BCUT2D eigenvalue weighted by molar-refractivity contribution is 7.84. The van der Waals surface area contributed by atoms with Gasteiger partial charge in [-0.05, 0) is 32.6 Å². The molecule has 0 aliphatic carbocycles. The number of rotatable bonds is 5. The van der Waals surface area contributed by atoms with Gasteiger partial charge in [0.15, 0.2) is 0 Å². The van der Waals surface area contributed by atoms with E-state index in [1.165, 1.54) is 0 Å². The van der Waals surface area contributed by atoms with Gasteiger partial charge in [0.25, 0.3) is 0 Å². The second kappa shape index (κ2) is 6.61. The molecule has 4 heteroatoms. The number of ether oxygens (including phenoxy) is 1. The summed E-state index contributed by atoms with van der Waals surface area (Å²) in [5.74, 6) is 0.719. The van der Waals surface area contributed by atoms with Crippen molar-refractivity contribution in [3.8, 4) is 0 Å². The quantitative estimate of drug-likeness (QED) is 0.774. The molecule has 1 aliphatic heterocycles. The summed E-state index contributed by atoms with van der Waals surface area (Å²) in [5, 5.41) is 3.73. The molecule has 3 atom stereocenters. The summed E-state index contributed by atoms with van der Waals surface area (Å²) < 4.78 is 16.5. The molecule has 15 heavy (non-hydrogen) atoms. The van der Waals surface area contributed by atoms with Gasteiger partial charge in [0.2, 0.25) is 0 Å². The average Bonchev–Trinajstić information content (AvgIpc) is 2.26. The first-order chi connectivity index (χ1) is 7.11. The summed E-state index contributed by atoms with van der Waals surface area (Å²) in [7, 11) is -0.719. The Morgan fingerprint density at radius 2 is 2.00 bits per heavy atom. The van der Waals surface area contributed by atoms with Gasteiger partial charge in [0.1, 0.15) is 0 Å². The minimum Gasteiger partial charge on any atom is -0.381 e. The maximum absolute atomic E-state index is 11.2. The SMILES string of the molecule is CC(NCC(C)S(C)=O)C1CCOCC1. The van der Waals surface area contributed by atoms with Gasteiger partial charge in [0.05, 0.1) is 0 Å². The van der Waals surface area contributed by atoms with Crippen molar-refractivity contribution in [3.63, 3.8) is 0 Å². The second-order valence-corrected chi connectivity index (χ2v) is 6.26. The molecule has 1 saturated heterocycles. The zero-order valence-electron chi connectivity index (χ0n) is 9.99. The van der Waals surface area contributed by atoms with Gasteiger partial charge in [0, 0.05) is 48.1 Å². The van der Waals surface area contributed by atoms with Crippen LogP contribution in [0.25, 0.3) is 0 Å². The van der Waals surface area contributed by atoms with E-state index in [0.717, 1.165) is 38.5 Å². The molecule has 0 aromatic heterocycles. The molecule has 1 fully saturated rings. The fourth-order valence-corrected chi connectivity index (χ4v) is 2.18. The van der Waals surface area contributed by atoms with E-state index in [0.29, 0.717) is 6.04 Å². The zero-order valence-corrected chi connectivity index (χ0v) is 10.8. The summed E-state index contributed by atoms with van der Waals surface area (Å²) in [6, 6.07) is 0.514. The summed E-state index contributed by atoms with van der Waals surface area (Å²) >= 11 is 0. The van der Waals surface area contributed by atoms with E-state index in [1.807, 2.05) is 6.92 Å². The highest BCUT2D eigenvalue weighted by atomic mass is 32.2. The Bertz CT molecular complexity index is 205. The maximum atomic E-state index is 11.2. The lowest BCUT2D eigenvalue weighted by atomic mass is 9.93. The van der Waals surface area contributed by atoms with Gasteiger partial charge < -0.3 is 10.1 Å². The fourth-order valence-electron chi connectivity index (χ4n) is 1.85. The minimum absolute atomic E-state index is 0.243. The van der Waals surface area contributed by atoms with Crippen molar-refractivity contribution in [3.05, 3.63) is 0 Å². The number of hydrogen-bond acceptors (Lipinski definition) is 3. The summed E-state index contributed by atoms with van der Waals surface area (Å²) in [6.45, 7) is 6.89. The molecule has 1 aliphatic rings.